The number of hydrogen-bond acceptors (Lipinski definition) is 4. The highest BCUT2D eigenvalue weighted by molar-refractivity contribution is 5.94. The minimum Gasteiger partial charge on any atom is -0.481 e. The van der Waals surface area contributed by atoms with E-state index in [9.17, 15) is 19.7 Å². The molecule has 0 bridgehead atoms. The molecule has 0 radical (unpaired) electrons. The number of carbonyl (C=O) groups is 2. The topological polar surface area (TPSA) is 101 Å². The van der Waals surface area contributed by atoms with E-state index in [-0.39, 0.29) is 30.1 Å². The summed E-state index contributed by atoms with van der Waals surface area (Å²) in [5, 5.41) is 19.3. The van der Waals surface area contributed by atoms with Crippen LogP contribution in [0.25, 0.3) is 0 Å². The number of nitro benzene ring substituents is 1. The number of non-ortho nitro benzene ring substituents is 1. The lowest BCUT2D eigenvalue weighted by Gasteiger charge is -2.16. The van der Waals surface area contributed by atoms with E-state index in [2.05, 4.69) is 0 Å². The van der Waals surface area contributed by atoms with Gasteiger partial charge in [0.2, 0.25) is 0 Å². The smallest absolute Gasteiger partial charge is 0.303 e. The summed E-state index contributed by atoms with van der Waals surface area (Å²) in [7, 11) is 1.54. The summed E-state index contributed by atoms with van der Waals surface area (Å²) in [6.07, 6.45) is 0.317. The van der Waals surface area contributed by atoms with E-state index in [1.165, 1.54) is 17.0 Å². The highest BCUT2D eigenvalue weighted by Gasteiger charge is 2.16. The molecule has 1 N–H and O–H groups in total. The van der Waals surface area contributed by atoms with Gasteiger partial charge in [0.05, 0.1) is 4.92 Å². The fourth-order valence-corrected chi connectivity index (χ4v) is 1.78. The Balaban J connectivity index is 2.80. The van der Waals surface area contributed by atoms with Gasteiger partial charge >= 0.3 is 5.97 Å². The zero-order valence-corrected chi connectivity index (χ0v) is 11.3. The number of amides is 1. The third kappa shape index (κ3) is 4.34. The van der Waals surface area contributed by atoms with Crippen LogP contribution in [-0.2, 0) is 4.79 Å². The molecule has 1 aromatic carbocycles. The van der Waals surface area contributed by atoms with Crippen LogP contribution in [0.1, 0.15) is 28.8 Å². The number of aliphatic carboxylic acids is 1. The van der Waals surface area contributed by atoms with Crippen LogP contribution in [-0.4, -0.2) is 40.4 Å². The molecule has 1 rings (SSSR count). The van der Waals surface area contributed by atoms with Crippen molar-refractivity contribution in [3.05, 3.63) is 39.4 Å². The second-order valence-corrected chi connectivity index (χ2v) is 4.54. The van der Waals surface area contributed by atoms with Crippen LogP contribution in [0.2, 0.25) is 0 Å². The Morgan fingerprint density at radius 2 is 2.00 bits per heavy atom. The first kappa shape index (κ1) is 15.6. The largest absolute Gasteiger partial charge is 0.481 e. The number of carboxylic acid groups (broad SMARTS) is 1. The maximum atomic E-state index is 12.1. The summed E-state index contributed by atoms with van der Waals surface area (Å²) >= 11 is 0. The van der Waals surface area contributed by atoms with Crippen LogP contribution in [0, 0.1) is 17.0 Å². The van der Waals surface area contributed by atoms with Gasteiger partial charge in [-0.2, -0.15) is 0 Å². The van der Waals surface area contributed by atoms with E-state index in [4.69, 9.17) is 5.11 Å². The van der Waals surface area contributed by atoms with Crippen LogP contribution in [0.3, 0.4) is 0 Å². The monoisotopic (exact) mass is 280 g/mol. The first-order valence-corrected chi connectivity index (χ1v) is 6.04. The molecule has 0 fully saturated rings. The van der Waals surface area contributed by atoms with E-state index >= 15 is 0 Å². The van der Waals surface area contributed by atoms with Gasteiger partial charge in [0.15, 0.2) is 0 Å². The molecular weight excluding hydrogens is 264 g/mol. The van der Waals surface area contributed by atoms with Crippen LogP contribution >= 0.6 is 0 Å². The van der Waals surface area contributed by atoms with Crippen LogP contribution in [0.15, 0.2) is 18.2 Å². The number of nitro groups is 1. The quantitative estimate of drug-likeness (QED) is 0.633. The molecule has 0 heterocycles. The van der Waals surface area contributed by atoms with Crippen molar-refractivity contribution in [1.82, 2.24) is 4.90 Å². The standard InChI is InChI=1S/C13H16N2O5/c1-9-6-10(8-11(7-9)15(19)20)13(18)14(2)5-3-4-12(16)17/h6-8H,3-5H2,1-2H3,(H,16,17). The van der Waals surface area contributed by atoms with Crippen molar-refractivity contribution in [2.45, 2.75) is 19.8 Å². The highest BCUT2D eigenvalue weighted by atomic mass is 16.6. The van der Waals surface area contributed by atoms with E-state index in [0.717, 1.165) is 0 Å². The van der Waals surface area contributed by atoms with Crippen molar-refractivity contribution in [2.75, 3.05) is 13.6 Å². The third-order valence-corrected chi connectivity index (χ3v) is 2.75. The molecule has 0 aromatic heterocycles. The molecular formula is C13H16N2O5. The van der Waals surface area contributed by atoms with Gasteiger partial charge in [-0.3, -0.25) is 19.7 Å². The molecule has 7 heteroatoms. The average Bonchev–Trinajstić information content (AvgIpc) is 2.36. The van der Waals surface area contributed by atoms with E-state index < -0.39 is 10.9 Å². The first-order valence-electron chi connectivity index (χ1n) is 6.04. The molecule has 0 saturated heterocycles. The van der Waals surface area contributed by atoms with Gasteiger partial charge in [0, 0.05) is 37.7 Å². The van der Waals surface area contributed by atoms with E-state index in [1.807, 2.05) is 0 Å². The van der Waals surface area contributed by atoms with Crippen LogP contribution in [0.5, 0.6) is 0 Å². The number of benzene rings is 1. The lowest BCUT2D eigenvalue weighted by molar-refractivity contribution is -0.384. The molecule has 0 atom stereocenters. The van der Waals surface area contributed by atoms with Crippen LogP contribution in [0.4, 0.5) is 5.69 Å². The van der Waals surface area contributed by atoms with Gasteiger partial charge in [-0.1, -0.05) is 0 Å². The molecule has 1 amide bonds. The van der Waals surface area contributed by atoms with Crippen molar-refractivity contribution in [3.8, 4) is 0 Å². The SMILES string of the molecule is Cc1cc(C(=O)N(C)CCCC(=O)O)cc([N+](=O)[O-])c1. The Morgan fingerprint density at radius 3 is 2.55 bits per heavy atom. The minimum absolute atomic E-state index is 0.0222. The van der Waals surface area contributed by atoms with Crippen molar-refractivity contribution < 1.29 is 19.6 Å². The number of nitrogens with zero attached hydrogens (tertiary/aromatic N) is 2. The van der Waals surface area contributed by atoms with Crippen molar-refractivity contribution in [3.63, 3.8) is 0 Å². The number of hydrogen-bond donors (Lipinski definition) is 1. The van der Waals surface area contributed by atoms with Gasteiger partial charge in [0.1, 0.15) is 0 Å². The Kier molecular flexibility index (Phi) is 5.19. The Hall–Kier alpha value is -2.44. The minimum atomic E-state index is -0.919. The molecule has 0 unspecified atom stereocenters. The van der Waals surface area contributed by atoms with Crippen molar-refractivity contribution in [1.29, 1.82) is 0 Å². The second kappa shape index (κ2) is 6.65. The molecule has 0 saturated carbocycles. The summed E-state index contributed by atoms with van der Waals surface area (Å²) in [4.78, 5) is 34.1. The van der Waals surface area contributed by atoms with Crippen LogP contribution < -0.4 is 0 Å². The van der Waals surface area contributed by atoms with Gasteiger partial charge in [0.25, 0.3) is 11.6 Å². The summed E-state index contributed by atoms with van der Waals surface area (Å²) in [5.74, 6) is -1.28. The second-order valence-electron chi connectivity index (χ2n) is 4.54. The first-order chi connectivity index (χ1) is 9.31. The molecule has 0 aliphatic carbocycles. The summed E-state index contributed by atoms with van der Waals surface area (Å²) in [5.41, 5.74) is 0.725. The summed E-state index contributed by atoms with van der Waals surface area (Å²) in [6, 6.07) is 4.19. The molecule has 20 heavy (non-hydrogen) atoms. The maximum Gasteiger partial charge on any atom is 0.303 e. The molecule has 1 aromatic rings. The number of rotatable bonds is 6. The average molecular weight is 280 g/mol. The molecule has 7 nitrogen and oxygen atoms in total. The Bertz CT molecular complexity index is 542. The third-order valence-electron chi connectivity index (χ3n) is 2.75. The zero-order valence-electron chi connectivity index (χ0n) is 11.3. The summed E-state index contributed by atoms with van der Waals surface area (Å²) < 4.78 is 0. The van der Waals surface area contributed by atoms with Gasteiger partial charge < -0.3 is 10.0 Å². The molecule has 0 aliphatic heterocycles. The predicted octanol–water partition coefficient (Wildman–Crippen LogP) is 1.84. The molecule has 108 valence electrons. The number of carbonyl (C=O) groups excluding carboxylic acids is 1. The van der Waals surface area contributed by atoms with Gasteiger partial charge in [-0.15, -0.1) is 0 Å². The highest BCUT2D eigenvalue weighted by Crippen LogP contribution is 2.18. The molecule has 0 spiro atoms. The molecule has 0 aliphatic rings. The Labute approximate surface area is 116 Å². The fraction of sp³-hybridized carbons (Fsp3) is 0.385. The number of aryl methyl sites for hydroxylation is 1. The number of carboxylic acids is 1. The van der Waals surface area contributed by atoms with Crippen molar-refractivity contribution in [2.24, 2.45) is 0 Å². The Morgan fingerprint density at radius 1 is 1.35 bits per heavy atom. The lowest BCUT2D eigenvalue weighted by atomic mass is 10.1. The lowest BCUT2D eigenvalue weighted by Crippen LogP contribution is -2.28. The zero-order chi connectivity index (χ0) is 15.3. The fourth-order valence-electron chi connectivity index (χ4n) is 1.78. The predicted molar refractivity (Wildman–Crippen MR) is 71.7 cm³/mol. The van der Waals surface area contributed by atoms with E-state index in [0.29, 0.717) is 12.0 Å². The van der Waals surface area contributed by atoms with Crippen molar-refractivity contribution >= 4 is 17.6 Å². The normalized spacial score (nSPS) is 10.1. The van der Waals surface area contributed by atoms with Gasteiger partial charge in [-0.05, 0) is 25.0 Å². The van der Waals surface area contributed by atoms with E-state index in [1.54, 1.807) is 20.0 Å². The maximum absolute atomic E-state index is 12.1. The van der Waals surface area contributed by atoms with Gasteiger partial charge in [-0.25, -0.2) is 0 Å². The summed E-state index contributed by atoms with van der Waals surface area (Å²) in [6.45, 7) is 1.96.